The molecule has 1 aliphatic rings. The highest BCUT2D eigenvalue weighted by Crippen LogP contribution is 2.21. The third kappa shape index (κ3) is 9.55. The molecule has 3 unspecified atom stereocenters. The molecule has 5 rings (SSSR count). The van der Waals surface area contributed by atoms with Crippen molar-refractivity contribution in [1.29, 1.82) is 0 Å². The Morgan fingerprint density at radius 2 is 1.63 bits per heavy atom. The summed E-state index contributed by atoms with van der Waals surface area (Å²) in [6.45, 7) is 7.21. The molecule has 1 saturated heterocycles. The molecule has 13 nitrogen and oxygen atoms in total. The normalized spacial score (nSPS) is 16.0. The van der Waals surface area contributed by atoms with Crippen molar-refractivity contribution in [1.82, 2.24) is 35.8 Å². The maximum atomic E-state index is 14.3. The molecule has 3 N–H and O–H groups in total. The van der Waals surface area contributed by atoms with Gasteiger partial charge in [0.05, 0.1) is 18.1 Å². The van der Waals surface area contributed by atoms with E-state index >= 15 is 0 Å². The molecule has 49 heavy (non-hydrogen) atoms. The van der Waals surface area contributed by atoms with Gasteiger partial charge in [-0.1, -0.05) is 71.9 Å². The van der Waals surface area contributed by atoms with Crippen molar-refractivity contribution in [3.63, 3.8) is 0 Å². The van der Waals surface area contributed by atoms with E-state index in [1.54, 1.807) is 20.8 Å². The Hall–Kier alpha value is -5.46. The van der Waals surface area contributed by atoms with Crippen LogP contribution in [0.5, 0.6) is 0 Å². The van der Waals surface area contributed by atoms with Crippen molar-refractivity contribution in [3.05, 3.63) is 95.6 Å². The summed E-state index contributed by atoms with van der Waals surface area (Å²) in [5.41, 5.74) is 3.23. The van der Waals surface area contributed by atoms with Crippen molar-refractivity contribution < 1.29 is 28.7 Å². The summed E-state index contributed by atoms with van der Waals surface area (Å²) in [5.74, 6) is -0.906. The van der Waals surface area contributed by atoms with E-state index in [4.69, 9.17) is 9.47 Å². The molecule has 3 atom stereocenters. The van der Waals surface area contributed by atoms with Crippen molar-refractivity contribution >= 4 is 35.0 Å². The average Bonchev–Trinajstić information content (AvgIpc) is 3.57. The van der Waals surface area contributed by atoms with Gasteiger partial charge in [-0.25, -0.2) is 9.59 Å². The molecule has 0 bridgehead atoms. The smallest absolute Gasteiger partial charge is 0.410 e. The number of hydrogen-bond donors (Lipinski definition) is 3. The van der Waals surface area contributed by atoms with Gasteiger partial charge in [-0.15, -0.1) is 5.10 Å². The number of benzene rings is 3. The van der Waals surface area contributed by atoms with Crippen LogP contribution < -0.4 is 10.6 Å². The maximum Gasteiger partial charge on any atom is 0.410 e. The summed E-state index contributed by atoms with van der Waals surface area (Å²) in [5, 5.41) is 16.5. The SMILES string of the molecule is CC(NC(=O)C1CN(C(=O)OCc2ccccc2)CCN1C(=O)C(CCc1ccccc1)NC(=O)OC(C)(C)C)c1ccc2[nH]nnc2c1. The zero-order valence-electron chi connectivity index (χ0n) is 28.2. The monoisotopic (exact) mass is 669 g/mol. The molecule has 4 amide bonds. The third-order valence-corrected chi connectivity index (χ3v) is 8.19. The highest BCUT2D eigenvalue weighted by atomic mass is 16.6. The predicted octanol–water partition coefficient (Wildman–Crippen LogP) is 4.51. The summed E-state index contributed by atoms with van der Waals surface area (Å²) >= 11 is 0. The second-order valence-electron chi connectivity index (χ2n) is 13.1. The predicted molar refractivity (Wildman–Crippen MR) is 182 cm³/mol. The van der Waals surface area contributed by atoms with Crippen LogP contribution in [0.4, 0.5) is 9.59 Å². The summed E-state index contributed by atoms with van der Waals surface area (Å²) in [6.07, 6.45) is -0.563. The van der Waals surface area contributed by atoms with Gasteiger partial charge >= 0.3 is 12.2 Å². The van der Waals surface area contributed by atoms with Crippen LogP contribution in [0.25, 0.3) is 11.0 Å². The molecule has 1 aliphatic heterocycles. The van der Waals surface area contributed by atoms with E-state index in [1.165, 1.54) is 9.80 Å². The molecule has 3 aromatic carbocycles. The van der Waals surface area contributed by atoms with E-state index < -0.39 is 47.7 Å². The van der Waals surface area contributed by atoms with Gasteiger partial charge in [0.1, 0.15) is 29.8 Å². The lowest BCUT2D eigenvalue weighted by Gasteiger charge is -2.41. The number of alkyl carbamates (subject to hydrolysis) is 1. The van der Waals surface area contributed by atoms with E-state index in [2.05, 4.69) is 26.0 Å². The number of rotatable bonds is 10. The molecule has 2 heterocycles. The molecule has 4 aromatic rings. The van der Waals surface area contributed by atoms with Crippen LogP contribution in [-0.2, 0) is 32.1 Å². The molecule has 1 aromatic heterocycles. The fourth-order valence-electron chi connectivity index (χ4n) is 5.63. The number of nitrogens with zero attached hydrogens (tertiary/aromatic N) is 4. The lowest BCUT2D eigenvalue weighted by atomic mass is 10.0. The maximum absolute atomic E-state index is 14.3. The van der Waals surface area contributed by atoms with E-state index in [0.29, 0.717) is 11.9 Å². The van der Waals surface area contributed by atoms with Crippen LogP contribution in [0, 0.1) is 0 Å². The Morgan fingerprint density at radius 3 is 2.33 bits per heavy atom. The Balaban J connectivity index is 1.36. The molecule has 13 heteroatoms. The lowest BCUT2D eigenvalue weighted by molar-refractivity contribution is -0.145. The number of nitrogens with one attached hydrogen (secondary N) is 3. The Morgan fingerprint density at radius 1 is 0.939 bits per heavy atom. The van der Waals surface area contributed by atoms with Crippen LogP contribution >= 0.6 is 0 Å². The first-order valence-electron chi connectivity index (χ1n) is 16.4. The minimum atomic E-state index is -1.07. The van der Waals surface area contributed by atoms with Crippen LogP contribution in [0.3, 0.4) is 0 Å². The molecule has 0 radical (unpaired) electrons. The van der Waals surface area contributed by atoms with Crippen LogP contribution in [0.15, 0.2) is 78.9 Å². The van der Waals surface area contributed by atoms with Crippen molar-refractivity contribution in [2.75, 3.05) is 19.6 Å². The van der Waals surface area contributed by atoms with Crippen molar-refractivity contribution in [2.45, 2.75) is 70.9 Å². The Labute approximate surface area is 285 Å². The number of fused-ring (bicyclic) bond motifs is 1. The number of H-pyrrole nitrogens is 1. The molecule has 258 valence electrons. The minimum absolute atomic E-state index is 0.0501. The number of carbonyl (C=O) groups is 4. The standard InChI is InChI=1S/C36H43N7O6/c1-24(27-16-18-28-30(21-27)40-41-39-28)37-32(44)31-22-42(35(47)48-23-26-13-9-6-10-14-26)19-20-43(31)33(45)29(38-34(46)49-36(2,3)4)17-15-25-11-7-5-8-12-25/h5-14,16,18,21,24,29,31H,15,17,19-20,22-23H2,1-4H3,(H,37,44)(H,38,46)(H,39,40,41). The molecule has 0 aliphatic carbocycles. The minimum Gasteiger partial charge on any atom is -0.445 e. The van der Waals surface area contributed by atoms with Crippen LogP contribution in [0.1, 0.15) is 56.8 Å². The number of ether oxygens (including phenoxy) is 2. The fourth-order valence-corrected chi connectivity index (χ4v) is 5.63. The highest BCUT2D eigenvalue weighted by molar-refractivity contribution is 5.92. The quantitative estimate of drug-likeness (QED) is 0.223. The lowest BCUT2D eigenvalue weighted by Crippen LogP contribution is -2.64. The number of aryl methyl sites for hydroxylation is 1. The number of amides is 4. The van der Waals surface area contributed by atoms with Gasteiger partial charge in [0.15, 0.2) is 0 Å². The first-order valence-corrected chi connectivity index (χ1v) is 16.4. The van der Waals surface area contributed by atoms with Gasteiger partial charge in [0.2, 0.25) is 11.8 Å². The van der Waals surface area contributed by atoms with Gasteiger partial charge in [0, 0.05) is 13.1 Å². The average molecular weight is 670 g/mol. The highest BCUT2D eigenvalue weighted by Gasteiger charge is 2.40. The molecule has 0 saturated carbocycles. The molecular formula is C36H43N7O6. The molecular weight excluding hydrogens is 626 g/mol. The summed E-state index contributed by atoms with van der Waals surface area (Å²) in [6, 6.07) is 21.9. The number of carbonyl (C=O) groups excluding carboxylic acids is 4. The zero-order valence-corrected chi connectivity index (χ0v) is 28.2. The van der Waals surface area contributed by atoms with Gasteiger partial charge in [-0.05, 0) is 69.4 Å². The first kappa shape index (κ1) is 34.9. The second-order valence-corrected chi connectivity index (χ2v) is 13.1. The molecule has 1 fully saturated rings. The number of aromatic nitrogens is 3. The Bertz CT molecular complexity index is 1740. The van der Waals surface area contributed by atoms with Gasteiger partial charge in [0.25, 0.3) is 0 Å². The summed E-state index contributed by atoms with van der Waals surface area (Å²) in [7, 11) is 0. The van der Waals surface area contributed by atoms with Gasteiger partial charge in [-0.3, -0.25) is 14.7 Å². The van der Waals surface area contributed by atoms with E-state index in [0.717, 1.165) is 22.2 Å². The van der Waals surface area contributed by atoms with E-state index in [-0.39, 0.29) is 32.7 Å². The largest absolute Gasteiger partial charge is 0.445 e. The summed E-state index contributed by atoms with van der Waals surface area (Å²) in [4.78, 5) is 57.4. The third-order valence-electron chi connectivity index (χ3n) is 8.19. The second kappa shape index (κ2) is 15.6. The van der Waals surface area contributed by atoms with Gasteiger partial charge < -0.3 is 29.9 Å². The number of aromatic amines is 1. The number of piperazine rings is 1. The first-order chi connectivity index (χ1) is 23.5. The van der Waals surface area contributed by atoms with E-state index in [1.807, 2.05) is 85.8 Å². The van der Waals surface area contributed by atoms with Gasteiger partial charge in [-0.2, -0.15) is 0 Å². The topological polar surface area (TPSA) is 159 Å². The number of hydrogen-bond acceptors (Lipinski definition) is 8. The van der Waals surface area contributed by atoms with Crippen molar-refractivity contribution in [2.24, 2.45) is 0 Å². The zero-order chi connectivity index (χ0) is 35.0. The molecule has 0 spiro atoms. The summed E-state index contributed by atoms with van der Waals surface area (Å²) < 4.78 is 11.1. The van der Waals surface area contributed by atoms with Crippen LogP contribution in [0.2, 0.25) is 0 Å². The van der Waals surface area contributed by atoms with E-state index in [9.17, 15) is 19.2 Å². The van der Waals surface area contributed by atoms with Crippen LogP contribution in [-0.4, -0.2) is 86.5 Å². The Kier molecular flexibility index (Phi) is 11.1. The fraction of sp³-hybridized carbons (Fsp3) is 0.389. The van der Waals surface area contributed by atoms with Crippen molar-refractivity contribution in [3.8, 4) is 0 Å².